The first-order valence-electron chi connectivity index (χ1n) is 10.9. The number of carbonyl (C=O) groups excluding carboxylic acids is 2. The van der Waals surface area contributed by atoms with Crippen molar-refractivity contribution in [3.05, 3.63) is 88.2 Å². The van der Waals surface area contributed by atoms with Crippen molar-refractivity contribution in [2.45, 2.75) is 12.1 Å². The van der Waals surface area contributed by atoms with Crippen LogP contribution in [0.25, 0.3) is 0 Å². The smallest absolute Gasteiger partial charge is 0.278 e. The topological polar surface area (TPSA) is 111 Å². The summed E-state index contributed by atoms with van der Waals surface area (Å²) in [5.41, 5.74) is 0.450. The molecular weight excluding hydrogens is 473 g/mol. The highest BCUT2D eigenvalue weighted by atomic mass is 19.1. The molecule has 0 aliphatic carbocycles. The second-order valence-electron chi connectivity index (χ2n) is 8.17. The quantitative estimate of drug-likeness (QED) is 0.290. The fourth-order valence-corrected chi connectivity index (χ4v) is 4.65. The molecule has 11 heteroatoms. The van der Waals surface area contributed by atoms with E-state index >= 15 is 0 Å². The van der Waals surface area contributed by atoms with Gasteiger partial charge in [0.05, 0.1) is 42.1 Å². The third-order valence-electron chi connectivity index (χ3n) is 6.26. The SMILES string of the molecule is COc1cc([C@H]2[C@H]3C(=O)N(c4ccc(F)cc4)C(=O)[C@H]3ON2c2ccccc2)c([N+](=O)[O-])cc1OC. The Bertz CT molecular complexity index is 1350. The Labute approximate surface area is 204 Å². The molecule has 2 heterocycles. The largest absolute Gasteiger partial charge is 0.493 e. The van der Waals surface area contributed by atoms with Gasteiger partial charge in [-0.05, 0) is 42.5 Å². The van der Waals surface area contributed by atoms with Gasteiger partial charge in [-0.2, -0.15) is 0 Å². The number of nitrogens with zero attached hydrogens (tertiary/aromatic N) is 3. The zero-order valence-corrected chi connectivity index (χ0v) is 19.2. The van der Waals surface area contributed by atoms with Gasteiger partial charge in [-0.15, -0.1) is 0 Å². The van der Waals surface area contributed by atoms with Crippen LogP contribution >= 0.6 is 0 Å². The summed E-state index contributed by atoms with van der Waals surface area (Å²) in [6, 6.07) is 15.1. The molecule has 3 aromatic carbocycles. The second kappa shape index (κ2) is 8.93. The Morgan fingerprint density at radius 3 is 2.17 bits per heavy atom. The van der Waals surface area contributed by atoms with Crippen molar-refractivity contribution in [1.29, 1.82) is 0 Å². The standard InChI is InChI=1S/C25H20FN3O7/c1-34-19-12-17(18(29(32)33)13-20(19)35-2)22-21-23(36-28(22)16-6-4-3-5-7-16)25(31)27(24(21)30)15-10-8-14(26)9-11-15/h3-13,21-23H,1-2H3/t21-,22+,23+/m1/s1. The fraction of sp³-hybridized carbons (Fsp3) is 0.200. The zero-order valence-electron chi connectivity index (χ0n) is 19.2. The van der Waals surface area contributed by atoms with Crippen molar-refractivity contribution in [1.82, 2.24) is 0 Å². The molecule has 3 aromatic rings. The summed E-state index contributed by atoms with van der Waals surface area (Å²) in [5, 5.41) is 13.4. The molecule has 2 saturated heterocycles. The molecule has 0 unspecified atom stereocenters. The summed E-state index contributed by atoms with van der Waals surface area (Å²) in [6.45, 7) is 0. The van der Waals surface area contributed by atoms with Crippen LogP contribution in [0.3, 0.4) is 0 Å². The number of hydrogen-bond donors (Lipinski definition) is 0. The molecule has 0 radical (unpaired) electrons. The van der Waals surface area contributed by atoms with E-state index in [1.807, 2.05) is 0 Å². The van der Waals surface area contributed by atoms with E-state index in [0.29, 0.717) is 5.69 Å². The highest BCUT2D eigenvalue weighted by molar-refractivity contribution is 6.24. The number of hydroxylamine groups is 1. The van der Waals surface area contributed by atoms with E-state index in [-0.39, 0.29) is 28.4 Å². The van der Waals surface area contributed by atoms with E-state index in [2.05, 4.69) is 0 Å². The molecule has 2 fully saturated rings. The van der Waals surface area contributed by atoms with Crippen LogP contribution in [-0.4, -0.2) is 37.1 Å². The van der Waals surface area contributed by atoms with Gasteiger partial charge in [0.15, 0.2) is 17.6 Å². The van der Waals surface area contributed by atoms with E-state index in [9.17, 15) is 24.1 Å². The highest BCUT2D eigenvalue weighted by Gasteiger charge is 2.61. The first kappa shape index (κ1) is 23.2. The number of fused-ring (bicyclic) bond motifs is 1. The number of nitro benzene ring substituents is 1. The number of hydrogen-bond acceptors (Lipinski definition) is 8. The molecular formula is C25H20FN3O7. The van der Waals surface area contributed by atoms with Gasteiger partial charge < -0.3 is 9.47 Å². The molecule has 2 amide bonds. The maximum Gasteiger partial charge on any atom is 0.278 e. The van der Waals surface area contributed by atoms with Crippen LogP contribution < -0.4 is 19.4 Å². The molecule has 0 N–H and O–H groups in total. The first-order valence-corrected chi connectivity index (χ1v) is 10.9. The third kappa shape index (κ3) is 3.60. The number of nitro groups is 1. The Kier molecular flexibility index (Phi) is 5.77. The number of para-hydroxylation sites is 1. The molecule has 0 saturated carbocycles. The molecule has 0 aromatic heterocycles. The Morgan fingerprint density at radius 2 is 1.56 bits per heavy atom. The minimum atomic E-state index is -1.25. The van der Waals surface area contributed by atoms with Crippen molar-refractivity contribution in [3.63, 3.8) is 0 Å². The Morgan fingerprint density at radius 1 is 0.917 bits per heavy atom. The third-order valence-corrected chi connectivity index (χ3v) is 6.26. The molecule has 184 valence electrons. The normalized spacial score (nSPS) is 21.0. The lowest BCUT2D eigenvalue weighted by Gasteiger charge is -2.29. The number of methoxy groups -OCH3 is 2. The number of halogens is 1. The highest BCUT2D eigenvalue weighted by Crippen LogP contribution is 2.51. The van der Waals surface area contributed by atoms with Crippen LogP contribution in [-0.2, 0) is 14.4 Å². The predicted molar refractivity (Wildman–Crippen MR) is 125 cm³/mol. The van der Waals surface area contributed by atoms with Crippen LogP contribution in [0.2, 0.25) is 0 Å². The molecule has 2 aliphatic rings. The summed E-state index contributed by atoms with van der Waals surface area (Å²) < 4.78 is 24.1. The lowest BCUT2D eigenvalue weighted by molar-refractivity contribution is -0.385. The number of amides is 2. The van der Waals surface area contributed by atoms with E-state index in [4.69, 9.17) is 14.3 Å². The summed E-state index contributed by atoms with van der Waals surface area (Å²) in [7, 11) is 2.74. The maximum atomic E-state index is 13.7. The summed E-state index contributed by atoms with van der Waals surface area (Å²) in [4.78, 5) is 45.5. The van der Waals surface area contributed by atoms with E-state index in [1.165, 1.54) is 43.5 Å². The number of benzene rings is 3. The van der Waals surface area contributed by atoms with Crippen molar-refractivity contribution in [2.75, 3.05) is 24.2 Å². The minimum Gasteiger partial charge on any atom is -0.493 e. The van der Waals surface area contributed by atoms with Gasteiger partial charge >= 0.3 is 0 Å². The van der Waals surface area contributed by atoms with E-state index in [1.54, 1.807) is 30.3 Å². The minimum absolute atomic E-state index is 0.108. The van der Waals surface area contributed by atoms with Crippen molar-refractivity contribution in [2.24, 2.45) is 5.92 Å². The van der Waals surface area contributed by atoms with Gasteiger partial charge in [0.25, 0.3) is 11.6 Å². The van der Waals surface area contributed by atoms with Crippen molar-refractivity contribution in [3.8, 4) is 11.5 Å². The number of anilines is 2. The summed E-state index contributed by atoms with van der Waals surface area (Å²) in [5.74, 6) is -2.58. The van der Waals surface area contributed by atoms with Gasteiger partial charge in [0.2, 0.25) is 5.91 Å². The fourth-order valence-electron chi connectivity index (χ4n) is 4.65. The Balaban J connectivity index is 1.68. The number of carbonyl (C=O) groups is 2. The molecule has 0 bridgehead atoms. The first-order chi connectivity index (χ1) is 17.3. The maximum absolute atomic E-state index is 13.7. The zero-order chi connectivity index (χ0) is 25.6. The lowest BCUT2D eigenvalue weighted by atomic mass is 9.89. The van der Waals surface area contributed by atoms with Crippen LogP contribution in [0.4, 0.5) is 21.5 Å². The van der Waals surface area contributed by atoms with Gasteiger partial charge in [-0.3, -0.25) is 24.5 Å². The van der Waals surface area contributed by atoms with Gasteiger partial charge in [-0.1, -0.05) is 18.2 Å². The summed E-state index contributed by atoms with van der Waals surface area (Å²) in [6.07, 6.45) is -1.25. The van der Waals surface area contributed by atoms with Crippen molar-refractivity contribution < 1.29 is 33.2 Å². The van der Waals surface area contributed by atoms with Gasteiger partial charge in [-0.25, -0.2) is 14.4 Å². The molecule has 36 heavy (non-hydrogen) atoms. The van der Waals surface area contributed by atoms with Crippen LogP contribution in [0.15, 0.2) is 66.7 Å². The monoisotopic (exact) mass is 493 g/mol. The van der Waals surface area contributed by atoms with Crippen molar-refractivity contribution >= 4 is 28.9 Å². The van der Waals surface area contributed by atoms with Gasteiger partial charge in [0.1, 0.15) is 17.8 Å². The lowest BCUT2D eigenvalue weighted by Crippen LogP contribution is -2.37. The Hall–Kier alpha value is -4.51. The molecule has 5 rings (SSSR count). The average molecular weight is 493 g/mol. The number of rotatable bonds is 6. The molecule has 10 nitrogen and oxygen atoms in total. The molecule has 2 aliphatic heterocycles. The predicted octanol–water partition coefficient (Wildman–Crippen LogP) is 3.80. The number of ether oxygens (including phenoxy) is 2. The van der Waals surface area contributed by atoms with E-state index in [0.717, 1.165) is 17.0 Å². The van der Waals surface area contributed by atoms with E-state index < -0.39 is 40.6 Å². The van der Waals surface area contributed by atoms with Crippen LogP contribution in [0, 0.1) is 21.8 Å². The van der Waals surface area contributed by atoms with Gasteiger partial charge in [0, 0.05) is 0 Å². The molecule has 3 atom stereocenters. The van der Waals surface area contributed by atoms with Crippen LogP contribution in [0.5, 0.6) is 11.5 Å². The van der Waals surface area contributed by atoms with Crippen LogP contribution in [0.1, 0.15) is 11.6 Å². The second-order valence-corrected chi connectivity index (χ2v) is 8.17. The number of imide groups is 1. The molecule has 0 spiro atoms. The summed E-state index contributed by atoms with van der Waals surface area (Å²) >= 11 is 0. The average Bonchev–Trinajstić information content (AvgIpc) is 3.40.